The molecule has 0 atom stereocenters. The fourth-order valence-corrected chi connectivity index (χ4v) is 2.66. The van der Waals surface area contributed by atoms with Gasteiger partial charge in [-0.05, 0) is 49.4 Å². The first-order valence-electron chi connectivity index (χ1n) is 7.85. The quantitative estimate of drug-likeness (QED) is 0.708. The minimum atomic E-state index is 0.825. The summed E-state index contributed by atoms with van der Waals surface area (Å²) in [5.74, 6) is 1.85. The summed E-state index contributed by atoms with van der Waals surface area (Å²) in [6.07, 6.45) is 9.35. The van der Waals surface area contributed by atoms with Gasteiger partial charge in [-0.3, -0.25) is 0 Å². The Morgan fingerprint density at radius 2 is 1.84 bits per heavy atom. The fraction of sp³-hybridized carbons (Fsp3) is 0.647. The molecule has 1 aliphatic rings. The molecular weight excluding hydrogens is 234 g/mol. The smallest absolute Gasteiger partial charge is 0.119 e. The monoisotopic (exact) mass is 261 g/mol. The molecule has 106 valence electrons. The van der Waals surface area contributed by atoms with E-state index in [2.05, 4.69) is 36.5 Å². The molecule has 0 radical (unpaired) electrons. The van der Waals surface area contributed by atoms with Crippen molar-refractivity contribution in [2.75, 3.05) is 18.5 Å². The van der Waals surface area contributed by atoms with Crippen LogP contribution in [0.2, 0.25) is 0 Å². The van der Waals surface area contributed by atoms with E-state index in [1.54, 1.807) is 0 Å². The van der Waals surface area contributed by atoms with E-state index >= 15 is 0 Å². The normalized spacial score (nSPS) is 16.3. The maximum Gasteiger partial charge on any atom is 0.119 e. The van der Waals surface area contributed by atoms with Crippen molar-refractivity contribution < 1.29 is 4.74 Å². The topological polar surface area (TPSA) is 21.3 Å². The first kappa shape index (κ1) is 14.2. The van der Waals surface area contributed by atoms with Crippen molar-refractivity contribution in [1.29, 1.82) is 0 Å². The van der Waals surface area contributed by atoms with Crippen molar-refractivity contribution >= 4 is 5.69 Å². The van der Waals surface area contributed by atoms with Crippen LogP contribution in [0.25, 0.3) is 0 Å². The Balaban J connectivity index is 1.71. The van der Waals surface area contributed by atoms with Crippen LogP contribution in [0.3, 0.4) is 0 Å². The third-order valence-corrected chi connectivity index (χ3v) is 3.94. The number of rotatable bonds is 7. The highest BCUT2D eigenvalue weighted by atomic mass is 16.5. The molecule has 0 aliphatic heterocycles. The lowest BCUT2D eigenvalue weighted by molar-refractivity contribution is 0.309. The molecule has 0 saturated heterocycles. The summed E-state index contributed by atoms with van der Waals surface area (Å²) in [5, 5.41) is 3.55. The number of benzene rings is 1. The highest BCUT2D eigenvalue weighted by Gasteiger charge is 2.12. The lowest BCUT2D eigenvalue weighted by Crippen LogP contribution is -2.16. The van der Waals surface area contributed by atoms with E-state index in [0.717, 1.165) is 31.2 Å². The van der Waals surface area contributed by atoms with Gasteiger partial charge < -0.3 is 10.1 Å². The predicted octanol–water partition coefficient (Wildman–Crippen LogP) is 4.86. The second kappa shape index (κ2) is 8.08. The lowest BCUT2D eigenvalue weighted by Gasteiger charge is -2.22. The molecule has 0 amide bonds. The van der Waals surface area contributed by atoms with Gasteiger partial charge in [-0.25, -0.2) is 0 Å². The second-order valence-corrected chi connectivity index (χ2v) is 5.61. The van der Waals surface area contributed by atoms with Crippen molar-refractivity contribution in [1.82, 2.24) is 0 Å². The van der Waals surface area contributed by atoms with Crippen LogP contribution in [0, 0.1) is 5.92 Å². The average Bonchev–Trinajstić information content (AvgIpc) is 2.48. The Labute approximate surface area is 117 Å². The number of hydrogen-bond donors (Lipinski definition) is 1. The van der Waals surface area contributed by atoms with Gasteiger partial charge in [-0.15, -0.1) is 0 Å². The summed E-state index contributed by atoms with van der Waals surface area (Å²) in [6.45, 7) is 4.13. The van der Waals surface area contributed by atoms with E-state index < -0.39 is 0 Å². The average molecular weight is 261 g/mol. The van der Waals surface area contributed by atoms with E-state index in [4.69, 9.17) is 4.74 Å². The minimum Gasteiger partial charge on any atom is -0.494 e. The summed E-state index contributed by atoms with van der Waals surface area (Å²) in [7, 11) is 0. The van der Waals surface area contributed by atoms with Crippen LogP contribution in [0.15, 0.2) is 24.3 Å². The van der Waals surface area contributed by atoms with Crippen LogP contribution in [-0.2, 0) is 0 Å². The van der Waals surface area contributed by atoms with E-state index in [-0.39, 0.29) is 0 Å². The van der Waals surface area contributed by atoms with Gasteiger partial charge in [0.25, 0.3) is 0 Å². The number of unbranched alkanes of at least 4 members (excludes halogenated alkanes) is 1. The van der Waals surface area contributed by atoms with Crippen molar-refractivity contribution in [3.05, 3.63) is 24.3 Å². The Morgan fingerprint density at radius 3 is 2.53 bits per heavy atom. The first-order valence-corrected chi connectivity index (χ1v) is 7.85. The van der Waals surface area contributed by atoms with Gasteiger partial charge in [0, 0.05) is 12.2 Å². The molecule has 1 aromatic carbocycles. The number of anilines is 1. The lowest BCUT2D eigenvalue weighted by atomic mass is 9.89. The molecule has 0 unspecified atom stereocenters. The van der Waals surface area contributed by atoms with Crippen LogP contribution < -0.4 is 10.1 Å². The molecular formula is C17H27NO. The fourth-order valence-electron chi connectivity index (χ4n) is 2.66. The molecule has 1 aromatic rings. The van der Waals surface area contributed by atoms with Gasteiger partial charge in [0.1, 0.15) is 5.75 Å². The van der Waals surface area contributed by atoms with Gasteiger partial charge >= 0.3 is 0 Å². The van der Waals surface area contributed by atoms with Crippen molar-refractivity contribution in [2.24, 2.45) is 5.92 Å². The molecule has 2 heteroatoms. The summed E-state index contributed by atoms with van der Waals surface area (Å²) in [5.41, 5.74) is 1.22. The van der Waals surface area contributed by atoms with Crippen LogP contribution in [0.5, 0.6) is 5.75 Å². The zero-order chi connectivity index (χ0) is 13.3. The zero-order valence-corrected chi connectivity index (χ0v) is 12.2. The summed E-state index contributed by atoms with van der Waals surface area (Å²) >= 11 is 0. The Morgan fingerprint density at radius 1 is 1.11 bits per heavy atom. The molecule has 1 aliphatic carbocycles. The van der Waals surface area contributed by atoms with Gasteiger partial charge in [-0.2, -0.15) is 0 Å². The zero-order valence-electron chi connectivity index (χ0n) is 12.2. The van der Waals surface area contributed by atoms with Crippen LogP contribution >= 0.6 is 0 Å². The molecule has 0 heterocycles. The Kier molecular flexibility index (Phi) is 6.06. The third-order valence-electron chi connectivity index (χ3n) is 3.94. The first-order chi connectivity index (χ1) is 9.38. The molecule has 1 fully saturated rings. The predicted molar refractivity (Wildman–Crippen MR) is 81.9 cm³/mol. The maximum atomic E-state index is 5.67. The third kappa shape index (κ3) is 5.14. The molecule has 1 saturated carbocycles. The Bertz CT molecular complexity index is 341. The largest absolute Gasteiger partial charge is 0.494 e. The van der Waals surface area contributed by atoms with Gasteiger partial charge in [0.2, 0.25) is 0 Å². The van der Waals surface area contributed by atoms with Gasteiger partial charge in [-0.1, -0.05) is 32.6 Å². The van der Waals surface area contributed by atoms with E-state index in [9.17, 15) is 0 Å². The van der Waals surface area contributed by atoms with Crippen LogP contribution in [-0.4, -0.2) is 13.2 Å². The molecule has 1 N–H and O–H groups in total. The summed E-state index contributed by atoms with van der Waals surface area (Å²) in [4.78, 5) is 0. The van der Waals surface area contributed by atoms with E-state index in [0.29, 0.717) is 0 Å². The highest BCUT2D eigenvalue weighted by molar-refractivity contribution is 5.46. The van der Waals surface area contributed by atoms with Gasteiger partial charge in [0.05, 0.1) is 6.61 Å². The van der Waals surface area contributed by atoms with Crippen LogP contribution in [0.1, 0.15) is 51.9 Å². The Hall–Kier alpha value is -1.18. The minimum absolute atomic E-state index is 0.825. The van der Waals surface area contributed by atoms with Crippen molar-refractivity contribution in [3.63, 3.8) is 0 Å². The highest BCUT2D eigenvalue weighted by Crippen LogP contribution is 2.24. The molecule has 19 heavy (non-hydrogen) atoms. The molecule has 0 spiro atoms. The van der Waals surface area contributed by atoms with E-state index in [1.807, 2.05) is 0 Å². The van der Waals surface area contributed by atoms with E-state index in [1.165, 1.54) is 44.2 Å². The maximum absolute atomic E-state index is 5.67. The number of nitrogens with one attached hydrogen (secondary N) is 1. The molecule has 2 nitrogen and oxygen atoms in total. The summed E-state index contributed by atoms with van der Waals surface area (Å²) < 4.78 is 5.67. The number of hydrogen-bond acceptors (Lipinski definition) is 2. The summed E-state index contributed by atoms with van der Waals surface area (Å²) in [6, 6.07) is 8.39. The molecule has 0 bridgehead atoms. The second-order valence-electron chi connectivity index (χ2n) is 5.61. The van der Waals surface area contributed by atoms with Gasteiger partial charge in [0.15, 0.2) is 0 Å². The van der Waals surface area contributed by atoms with Crippen molar-refractivity contribution in [3.8, 4) is 5.75 Å². The standard InChI is InChI=1S/C17H27NO/c1-2-3-13-19-17-11-9-16(10-12-17)18-14-15-7-5-4-6-8-15/h9-12,15,18H,2-8,13-14H2,1H3. The SMILES string of the molecule is CCCCOc1ccc(NCC2CCCCC2)cc1. The molecule has 2 rings (SSSR count). The van der Waals surface area contributed by atoms with Crippen LogP contribution in [0.4, 0.5) is 5.69 Å². The van der Waals surface area contributed by atoms with Crippen molar-refractivity contribution in [2.45, 2.75) is 51.9 Å². The molecule has 0 aromatic heterocycles. The number of ether oxygens (including phenoxy) is 1.